The number of nitrogens with zero attached hydrogens (tertiary/aromatic N) is 2. The molecule has 0 spiro atoms. The minimum absolute atomic E-state index is 0.0856. The van der Waals surface area contributed by atoms with E-state index in [9.17, 15) is 9.90 Å². The Bertz CT molecular complexity index is 839. The average molecular weight is 338 g/mol. The minimum atomic E-state index is -0.363. The zero-order valence-electron chi connectivity index (χ0n) is 15.2. The van der Waals surface area contributed by atoms with Crippen LogP contribution in [-0.2, 0) is 0 Å². The van der Waals surface area contributed by atoms with Crippen molar-refractivity contribution in [3.8, 4) is 0 Å². The van der Waals surface area contributed by atoms with E-state index in [2.05, 4.69) is 26.0 Å². The SMILES string of the molecule is Cc1cc(C)c2nc(C3CC3)cc(C(=O)N3CCC(C(C)O)C3)c2c1. The molecule has 2 fully saturated rings. The van der Waals surface area contributed by atoms with Gasteiger partial charge in [-0.1, -0.05) is 11.6 Å². The Morgan fingerprint density at radius 1 is 1.24 bits per heavy atom. The predicted molar refractivity (Wildman–Crippen MR) is 98.9 cm³/mol. The van der Waals surface area contributed by atoms with Crippen molar-refractivity contribution < 1.29 is 9.90 Å². The summed E-state index contributed by atoms with van der Waals surface area (Å²) < 4.78 is 0. The molecule has 1 aliphatic heterocycles. The lowest BCUT2D eigenvalue weighted by Gasteiger charge is -2.20. The van der Waals surface area contributed by atoms with E-state index >= 15 is 0 Å². The van der Waals surface area contributed by atoms with Gasteiger partial charge in [-0.2, -0.15) is 0 Å². The zero-order valence-corrected chi connectivity index (χ0v) is 15.2. The number of aromatic nitrogens is 1. The van der Waals surface area contributed by atoms with Crippen molar-refractivity contribution in [1.82, 2.24) is 9.88 Å². The normalized spacial score (nSPS) is 21.8. The molecule has 1 aromatic heterocycles. The Kier molecular flexibility index (Phi) is 4.03. The van der Waals surface area contributed by atoms with E-state index in [1.54, 1.807) is 0 Å². The van der Waals surface area contributed by atoms with Gasteiger partial charge in [-0.3, -0.25) is 9.78 Å². The molecule has 1 aromatic carbocycles. The van der Waals surface area contributed by atoms with Gasteiger partial charge in [0.15, 0.2) is 0 Å². The maximum absolute atomic E-state index is 13.3. The summed E-state index contributed by atoms with van der Waals surface area (Å²) in [5.74, 6) is 0.784. The second-order valence-corrected chi connectivity index (χ2v) is 7.89. The number of amides is 1. The molecular weight excluding hydrogens is 312 g/mol. The fourth-order valence-corrected chi connectivity index (χ4v) is 4.00. The van der Waals surface area contributed by atoms with Crippen LogP contribution in [0.25, 0.3) is 10.9 Å². The number of aryl methyl sites for hydroxylation is 2. The molecule has 1 aliphatic carbocycles. The highest BCUT2D eigenvalue weighted by Crippen LogP contribution is 2.41. The van der Waals surface area contributed by atoms with Gasteiger partial charge in [0.1, 0.15) is 0 Å². The van der Waals surface area contributed by atoms with Crippen LogP contribution in [0.4, 0.5) is 0 Å². The van der Waals surface area contributed by atoms with Gasteiger partial charge in [-0.15, -0.1) is 0 Å². The number of fused-ring (bicyclic) bond motifs is 1. The predicted octanol–water partition coefficient (Wildman–Crippen LogP) is 3.57. The standard InChI is InChI=1S/C21H26N2O2/c1-12-8-13(2)20-17(9-12)18(10-19(22-20)15-4-5-15)21(25)23-7-6-16(11-23)14(3)24/h8-10,14-16,24H,4-7,11H2,1-3H3. The Balaban J connectivity index is 1.78. The number of aliphatic hydroxyl groups is 1. The van der Waals surface area contributed by atoms with E-state index in [0.717, 1.165) is 46.3 Å². The molecule has 1 amide bonds. The number of likely N-dealkylation sites (tertiary alicyclic amines) is 1. The first kappa shape index (κ1) is 16.5. The molecular formula is C21H26N2O2. The second kappa shape index (κ2) is 6.10. The van der Waals surface area contributed by atoms with E-state index in [1.807, 2.05) is 17.9 Å². The van der Waals surface area contributed by atoms with Gasteiger partial charge in [0.25, 0.3) is 5.91 Å². The van der Waals surface area contributed by atoms with E-state index in [1.165, 1.54) is 12.8 Å². The Labute approximate surface area is 148 Å². The number of pyridine rings is 1. The lowest BCUT2D eigenvalue weighted by atomic mass is 10.00. The van der Waals surface area contributed by atoms with Crippen LogP contribution in [0.15, 0.2) is 18.2 Å². The van der Waals surface area contributed by atoms with Crippen molar-refractivity contribution in [2.75, 3.05) is 13.1 Å². The van der Waals surface area contributed by atoms with Crippen LogP contribution in [0.5, 0.6) is 0 Å². The third-order valence-corrected chi connectivity index (χ3v) is 5.69. The van der Waals surface area contributed by atoms with E-state index < -0.39 is 0 Å². The second-order valence-electron chi connectivity index (χ2n) is 7.89. The topological polar surface area (TPSA) is 53.4 Å². The highest BCUT2D eigenvalue weighted by atomic mass is 16.3. The van der Waals surface area contributed by atoms with Crippen molar-refractivity contribution in [1.29, 1.82) is 0 Å². The summed E-state index contributed by atoms with van der Waals surface area (Å²) >= 11 is 0. The Morgan fingerprint density at radius 2 is 2.00 bits per heavy atom. The van der Waals surface area contributed by atoms with Crippen LogP contribution in [-0.4, -0.2) is 40.1 Å². The van der Waals surface area contributed by atoms with Gasteiger partial charge >= 0.3 is 0 Å². The molecule has 2 heterocycles. The van der Waals surface area contributed by atoms with Crippen molar-refractivity contribution in [3.05, 3.63) is 40.6 Å². The minimum Gasteiger partial charge on any atom is -0.393 e. The maximum atomic E-state index is 13.3. The highest BCUT2D eigenvalue weighted by molar-refractivity contribution is 6.07. The van der Waals surface area contributed by atoms with Gasteiger partial charge in [0.05, 0.1) is 17.2 Å². The Morgan fingerprint density at radius 3 is 2.64 bits per heavy atom. The van der Waals surface area contributed by atoms with Gasteiger partial charge in [-0.05, 0) is 57.7 Å². The maximum Gasteiger partial charge on any atom is 0.254 e. The first-order valence-electron chi connectivity index (χ1n) is 9.33. The summed E-state index contributed by atoms with van der Waals surface area (Å²) in [6.45, 7) is 7.32. The lowest BCUT2D eigenvalue weighted by molar-refractivity contribution is 0.0764. The summed E-state index contributed by atoms with van der Waals surface area (Å²) in [4.78, 5) is 20.0. The molecule has 2 aliphatic rings. The van der Waals surface area contributed by atoms with Crippen molar-refractivity contribution in [2.24, 2.45) is 5.92 Å². The van der Waals surface area contributed by atoms with Crippen LogP contribution in [0.1, 0.15) is 59.3 Å². The molecule has 1 N–H and O–H groups in total. The third-order valence-electron chi connectivity index (χ3n) is 5.69. The number of carbonyl (C=O) groups excluding carboxylic acids is 1. The van der Waals surface area contributed by atoms with E-state index in [-0.39, 0.29) is 17.9 Å². The number of rotatable bonds is 3. The van der Waals surface area contributed by atoms with Gasteiger partial charge < -0.3 is 10.0 Å². The summed E-state index contributed by atoms with van der Waals surface area (Å²) in [6, 6.07) is 6.25. The van der Waals surface area contributed by atoms with Crippen molar-refractivity contribution >= 4 is 16.8 Å². The molecule has 4 nitrogen and oxygen atoms in total. The Hall–Kier alpha value is -1.94. The first-order chi connectivity index (χ1) is 11.9. The fraction of sp³-hybridized carbons (Fsp3) is 0.524. The summed E-state index contributed by atoms with van der Waals surface area (Å²) in [6.07, 6.45) is 2.86. The van der Waals surface area contributed by atoms with Crippen molar-refractivity contribution in [3.63, 3.8) is 0 Å². The van der Waals surface area contributed by atoms with Crippen molar-refractivity contribution in [2.45, 2.75) is 52.1 Å². The molecule has 0 bridgehead atoms. The molecule has 4 heteroatoms. The zero-order chi connectivity index (χ0) is 17.7. The van der Waals surface area contributed by atoms with Crippen LogP contribution >= 0.6 is 0 Å². The monoisotopic (exact) mass is 338 g/mol. The van der Waals surface area contributed by atoms with Gasteiger partial charge in [-0.25, -0.2) is 0 Å². The van der Waals surface area contributed by atoms with E-state index in [0.29, 0.717) is 12.5 Å². The summed E-state index contributed by atoms with van der Waals surface area (Å²) in [5.41, 5.74) is 5.10. The summed E-state index contributed by atoms with van der Waals surface area (Å²) in [5, 5.41) is 10.8. The number of carbonyl (C=O) groups is 1. The number of hydrogen-bond acceptors (Lipinski definition) is 3. The molecule has 132 valence electrons. The third kappa shape index (κ3) is 3.04. The van der Waals surface area contributed by atoms with Gasteiger partial charge in [0, 0.05) is 36.0 Å². The first-order valence-corrected chi connectivity index (χ1v) is 9.33. The number of aliphatic hydroxyl groups excluding tert-OH is 1. The molecule has 1 saturated carbocycles. The van der Waals surface area contributed by atoms with Crippen LogP contribution in [0, 0.1) is 19.8 Å². The lowest BCUT2D eigenvalue weighted by Crippen LogP contribution is -2.30. The largest absolute Gasteiger partial charge is 0.393 e. The molecule has 2 unspecified atom stereocenters. The smallest absolute Gasteiger partial charge is 0.254 e. The number of benzene rings is 1. The van der Waals surface area contributed by atoms with Gasteiger partial charge in [0.2, 0.25) is 0 Å². The molecule has 0 radical (unpaired) electrons. The molecule has 2 aromatic rings. The fourth-order valence-electron chi connectivity index (χ4n) is 4.00. The molecule has 1 saturated heterocycles. The number of hydrogen-bond donors (Lipinski definition) is 1. The quantitative estimate of drug-likeness (QED) is 0.931. The van der Waals surface area contributed by atoms with E-state index in [4.69, 9.17) is 4.98 Å². The highest BCUT2D eigenvalue weighted by Gasteiger charge is 2.32. The molecule has 2 atom stereocenters. The van der Waals surface area contributed by atoms with Crippen LogP contribution < -0.4 is 0 Å². The average Bonchev–Trinajstić information content (AvgIpc) is 3.29. The summed E-state index contributed by atoms with van der Waals surface area (Å²) in [7, 11) is 0. The van der Waals surface area contributed by atoms with Crippen LogP contribution in [0.2, 0.25) is 0 Å². The molecule has 4 rings (SSSR count). The van der Waals surface area contributed by atoms with Crippen LogP contribution in [0.3, 0.4) is 0 Å². The molecule has 25 heavy (non-hydrogen) atoms.